The second-order valence-electron chi connectivity index (χ2n) is 8.90. The van der Waals surface area contributed by atoms with Crippen molar-refractivity contribution in [2.75, 3.05) is 51.3 Å². The minimum absolute atomic E-state index is 0.117. The summed E-state index contributed by atoms with van der Waals surface area (Å²) in [5.41, 5.74) is 0.161. The molecule has 4 heterocycles. The fourth-order valence-electron chi connectivity index (χ4n) is 4.84. The lowest BCUT2D eigenvalue weighted by Gasteiger charge is -2.31. The number of fused-ring (bicyclic) bond motifs is 1. The Balaban J connectivity index is 1.68. The third kappa shape index (κ3) is 4.33. The number of piperazine rings is 1. The predicted molar refractivity (Wildman–Crippen MR) is 127 cm³/mol. The summed E-state index contributed by atoms with van der Waals surface area (Å²) in [5.74, 6) is -1.92. The standard InChI is InChI=1S/C25H26F2N6O2/c1-32-9-3-4-15(32)14-35-25-17(13-28)23(33-10-7-29-8-11-33)16-12-19(27)22(30-24(16)31-25)21-18(26)5-2-6-20(21)34/h2,5-6,12,15,29,34H,3-4,7-11,14H2,1H3. The van der Waals surface area contributed by atoms with Crippen LogP contribution in [0.2, 0.25) is 0 Å². The van der Waals surface area contributed by atoms with Gasteiger partial charge in [0.1, 0.15) is 35.5 Å². The average molecular weight is 481 g/mol. The third-order valence-corrected chi connectivity index (χ3v) is 6.73. The van der Waals surface area contributed by atoms with Crippen LogP contribution in [-0.2, 0) is 0 Å². The highest BCUT2D eigenvalue weighted by Gasteiger charge is 2.28. The van der Waals surface area contributed by atoms with Crippen LogP contribution in [0.25, 0.3) is 22.3 Å². The summed E-state index contributed by atoms with van der Waals surface area (Å²) in [7, 11) is 2.03. The summed E-state index contributed by atoms with van der Waals surface area (Å²) >= 11 is 0. The van der Waals surface area contributed by atoms with Gasteiger partial charge in [0.25, 0.3) is 0 Å². The summed E-state index contributed by atoms with van der Waals surface area (Å²) in [6.07, 6.45) is 2.06. The van der Waals surface area contributed by atoms with Crippen molar-refractivity contribution >= 4 is 16.7 Å². The number of likely N-dealkylation sites (tertiary alicyclic amines) is 1. The first kappa shape index (κ1) is 23.2. The quantitative estimate of drug-likeness (QED) is 0.575. The average Bonchev–Trinajstić information content (AvgIpc) is 3.27. The molecule has 0 saturated carbocycles. The van der Waals surface area contributed by atoms with Gasteiger partial charge < -0.3 is 25.0 Å². The molecule has 1 unspecified atom stereocenters. The second kappa shape index (κ2) is 9.60. The van der Waals surface area contributed by atoms with Crippen molar-refractivity contribution in [3.05, 3.63) is 41.5 Å². The maximum Gasteiger partial charge on any atom is 0.236 e. The van der Waals surface area contributed by atoms with Gasteiger partial charge in [-0.15, -0.1) is 0 Å². The molecule has 1 atom stereocenters. The number of hydrogen-bond acceptors (Lipinski definition) is 8. The van der Waals surface area contributed by atoms with Crippen LogP contribution in [0.4, 0.5) is 14.5 Å². The van der Waals surface area contributed by atoms with Crippen LogP contribution >= 0.6 is 0 Å². The summed E-state index contributed by atoms with van der Waals surface area (Å²) in [5, 5.41) is 23.9. The predicted octanol–water partition coefficient (Wildman–Crippen LogP) is 3.03. The molecular formula is C25H26F2N6O2. The van der Waals surface area contributed by atoms with Gasteiger partial charge >= 0.3 is 0 Å². The van der Waals surface area contributed by atoms with Crippen molar-refractivity contribution in [2.45, 2.75) is 18.9 Å². The molecule has 10 heteroatoms. The SMILES string of the molecule is CN1CCCC1COc1nc2nc(-c3c(O)cccc3F)c(F)cc2c(N2CCNCC2)c1C#N. The molecule has 0 radical (unpaired) electrons. The molecule has 2 aliphatic heterocycles. The Hall–Kier alpha value is -3.55. The Bertz CT molecular complexity index is 1290. The zero-order chi connectivity index (χ0) is 24.5. The van der Waals surface area contributed by atoms with Crippen LogP contribution in [0.5, 0.6) is 11.6 Å². The summed E-state index contributed by atoms with van der Waals surface area (Å²) in [6, 6.07) is 7.36. The first-order chi connectivity index (χ1) is 17.0. The van der Waals surface area contributed by atoms with Gasteiger partial charge in [-0.3, -0.25) is 0 Å². The smallest absolute Gasteiger partial charge is 0.236 e. The topological polar surface area (TPSA) is 97.5 Å². The van der Waals surface area contributed by atoms with Gasteiger partial charge in [-0.1, -0.05) is 6.07 Å². The Morgan fingerprint density at radius 2 is 2.00 bits per heavy atom. The lowest BCUT2D eigenvalue weighted by molar-refractivity contribution is 0.193. The largest absolute Gasteiger partial charge is 0.507 e. The minimum atomic E-state index is -0.818. The maximum atomic E-state index is 15.3. The normalized spacial score (nSPS) is 18.7. The number of halogens is 2. The van der Waals surface area contributed by atoms with E-state index in [9.17, 15) is 14.8 Å². The van der Waals surface area contributed by atoms with E-state index >= 15 is 4.39 Å². The number of anilines is 1. The molecule has 2 N–H and O–H groups in total. The van der Waals surface area contributed by atoms with Gasteiger partial charge in [-0.05, 0) is 44.6 Å². The molecule has 0 amide bonds. The van der Waals surface area contributed by atoms with Crippen molar-refractivity contribution in [2.24, 2.45) is 0 Å². The molecule has 0 aliphatic carbocycles. The third-order valence-electron chi connectivity index (χ3n) is 6.73. The van der Waals surface area contributed by atoms with E-state index < -0.39 is 17.4 Å². The van der Waals surface area contributed by atoms with E-state index in [-0.39, 0.29) is 34.4 Å². The molecule has 182 valence electrons. The van der Waals surface area contributed by atoms with Gasteiger partial charge in [0.15, 0.2) is 11.5 Å². The Morgan fingerprint density at radius 1 is 1.20 bits per heavy atom. The molecule has 35 heavy (non-hydrogen) atoms. The number of ether oxygens (including phenoxy) is 1. The van der Waals surface area contributed by atoms with Crippen molar-refractivity contribution < 1.29 is 18.6 Å². The number of nitrogens with one attached hydrogen (secondary N) is 1. The summed E-state index contributed by atoms with van der Waals surface area (Å²) in [4.78, 5) is 13.0. The van der Waals surface area contributed by atoms with Crippen molar-refractivity contribution in [1.82, 2.24) is 20.2 Å². The molecule has 1 aromatic carbocycles. The highest BCUT2D eigenvalue weighted by atomic mass is 19.1. The zero-order valence-corrected chi connectivity index (χ0v) is 19.4. The molecular weight excluding hydrogens is 454 g/mol. The van der Waals surface area contributed by atoms with E-state index in [2.05, 4.69) is 26.3 Å². The molecule has 2 aliphatic rings. The van der Waals surface area contributed by atoms with E-state index in [4.69, 9.17) is 4.74 Å². The van der Waals surface area contributed by atoms with E-state index in [1.54, 1.807) is 0 Å². The van der Waals surface area contributed by atoms with Crippen molar-refractivity contribution in [3.8, 4) is 29.0 Å². The Labute approximate surface area is 201 Å². The molecule has 8 nitrogen and oxygen atoms in total. The van der Waals surface area contributed by atoms with Crippen LogP contribution < -0.4 is 15.0 Å². The number of rotatable bonds is 5. The number of pyridine rings is 2. The van der Waals surface area contributed by atoms with E-state index in [0.29, 0.717) is 43.9 Å². The van der Waals surface area contributed by atoms with Crippen LogP contribution in [-0.4, -0.2) is 72.4 Å². The van der Waals surface area contributed by atoms with Gasteiger partial charge in [-0.25, -0.2) is 13.8 Å². The molecule has 3 aromatic rings. The van der Waals surface area contributed by atoms with Crippen LogP contribution in [0.3, 0.4) is 0 Å². The Kier molecular flexibility index (Phi) is 6.36. The zero-order valence-electron chi connectivity index (χ0n) is 19.4. The molecule has 0 spiro atoms. The fraction of sp³-hybridized carbons (Fsp3) is 0.400. The van der Waals surface area contributed by atoms with Gasteiger partial charge in [0.05, 0.1) is 11.3 Å². The number of benzene rings is 1. The van der Waals surface area contributed by atoms with E-state index in [0.717, 1.165) is 25.5 Å². The first-order valence-corrected chi connectivity index (χ1v) is 11.7. The molecule has 2 fully saturated rings. The lowest BCUT2D eigenvalue weighted by Crippen LogP contribution is -2.44. The van der Waals surface area contributed by atoms with Crippen LogP contribution in [0.15, 0.2) is 24.3 Å². The van der Waals surface area contributed by atoms with E-state index in [1.165, 1.54) is 18.2 Å². The second-order valence-corrected chi connectivity index (χ2v) is 8.90. The van der Waals surface area contributed by atoms with Crippen LogP contribution in [0.1, 0.15) is 18.4 Å². The minimum Gasteiger partial charge on any atom is -0.507 e. The number of aromatic nitrogens is 2. The van der Waals surface area contributed by atoms with Gasteiger partial charge in [0.2, 0.25) is 5.88 Å². The van der Waals surface area contributed by atoms with E-state index in [1.807, 2.05) is 11.9 Å². The van der Waals surface area contributed by atoms with Gasteiger partial charge in [-0.2, -0.15) is 10.2 Å². The summed E-state index contributed by atoms with van der Waals surface area (Å²) < 4.78 is 35.9. The molecule has 2 aromatic heterocycles. The monoisotopic (exact) mass is 480 g/mol. The lowest BCUT2D eigenvalue weighted by atomic mass is 10.1. The summed E-state index contributed by atoms with van der Waals surface area (Å²) in [6.45, 7) is 3.95. The van der Waals surface area contributed by atoms with Crippen molar-refractivity contribution in [3.63, 3.8) is 0 Å². The molecule has 5 rings (SSSR count). The number of nitriles is 1. The number of phenolic OH excluding ortho intramolecular Hbond substituents is 1. The number of likely N-dealkylation sites (N-methyl/N-ethyl adjacent to an activating group) is 1. The van der Waals surface area contributed by atoms with Crippen LogP contribution in [0, 0.1) is 23.0 Å². The molecule has 2 saturated heterocycles. The number of aromatic hydroxyl groups is 1. The van der Waals surface area contributed by atoms with Gasteiger partial charge in [0, 0.05) is 37.6 Å². The number of nitrogens with zero attached hydrogens (tertiary/aromatic N) is 5. The maximum absolute atomic E-state index is 15.3. The highest BCUT2D eigenvalue weighted by molar-refractivity contribution is 5.95. The number of phenols is 1. The first-order valence-electron chi connectivity index (χ1n) is 11.7. The van der Waals surface area contributed by atoms with Crippen molar-refractivity contribution in [1.29, 1.82) is 5.26 Å². The molecule has 0 bridgehead atoms. The Morgan fingerprint density at radius 3 is 2.69 bits per heavy atom. The fourth-order valence-corrected chi connectivity index (χ4v) is 4.84. The highest BCUT2D eigenvalue weighted by Crippen LogP contribution is 2.39. The number of hydrogen-bond donors (Lipinski definition) is 2.